The largest absolute Gasteiger partial charge is 0.352 e. The van der Waals surface area contributed by atoms with Crippen molar-refractivity contribution >= 4 is 27.0 Å². The molecule has 2 heterocycles. The summed E-state index contributed by atoms with van der Waals surface area (Å²) in [5.41, 5.74) is 2.13. The van der Waals surface area contributed by atoms with Crippen LogP contribution in [0.2, 0.25) is 0 Å². The van der Waals surface area contributed by atoms with Crippen molar-refractivity contribution in [1.82, 2.24) is 4.98 Å². The first kappa shape index (κ1) is 9.59. The molecular weight excluding hydrogens is 226 g/mol. The number of carbonyl (C=O) groups is 1. The van der Waals surface area contributed by atoms with Crippen LogP contribution in [-0.4, -0.2) is 25.4 Å². The molecule has 1 aromatic carbocycles. The molecule has 4 nitrogen and oxygen atoms in total. The number of sulfone groups is 1. The molecule has 0 unspecified atom stereocenters. The predicted octanol–water partition coefficient (Wildman–Crippen LogP) is 1.31. The first-order chi connectivity index (χ1) is 7.60. The van der Waals surface area contributed by atoms with E-state index in [2.05, 4.69) is 4.98 Å². The summed E-state index contributed by atoms with van der Waals surface area (Å²) < 4.78 is 23.4. The van der Waals surface area contributed by atoms with Crippen molar-refractivity contribution in [2.75, 3.05) is 5.75 Å². The fourth-order valence-corrected chi connectivity index (χ4v) is 3.71. The van der Waals surface area contributed by atoms with Gasteiger partial charge in [-0.05, 0) is 30.2 Å². The summed E-state index contributed by atoms with van der Waals surface area (Å²) in [6.07, 6.45) is 1.28. The maximum Gasteiger partial charge on any atom is 0.179 e. The lowest BCUT2D eigenvalue weighted by Crippen LogP contribution is -1.98. The molecule has 1 aliphatic heterocycles. The van der Waals surface area contributed by atoms with Gasteiger partial charge in [-0.3, -0.25) is 4.79 Å². The smallest absolute Gasteiger partial charge is 0.179 e. The highest BCUT2D eigenvalue weighted by molar-refractivity contribution is 7.91. The van der Waals surface area contributed by atoms with Crippen LogP contribution in [0.5, 0.6) is 0 Å². The van der Waals surface area contributed by atoms with Crippen LogP contribution in [0.4, 0.5) is 0 Å². The molecule has 0 saturated carbocycles. The number of fused-ring (bicyclic) bond motifs is 2. The number of hydrogen-bond donors (Lipinski definition) is 1. The van der Waals surface area contributed by atoms with Crippen molar-refractivity contribution in [3.05, 3.63) is 29.5 Å². The molecule has 1 aromatic heterocycles. The molecule has 0 saturated heterocycles. The van der Waals surface area contributed by atoms with Gasteiger partial charge in [0.05, 0.1) is 16.3 Å². The van der Waals surface area contributed by atoms with Gasteiger partial charge in [0.15, 0.2) is 16.1 Å². The molecule has 0 radical (unpaired) electrons. The van der Waals surface area contributed by atoms with Crippen LogP contribution in [0.3, 0.4) is 0 Å². The Balaban J connectivity index is 2.36. The van der Waals surface area contributed by atoms with E-state index in [1.807, 2.05) is 6.07 Å². The maximum absolute atomic E-state index is 11.7. The van der Waals surface area contributed by atoms with Crippen LogP contribution in [0, 0.1) is 0 Å². The fourth-order valence-electron chi connectivity index (χ4n) is 2.13. The van der Waals surface area contributed by atoms with E-state index in [0.717, 1.165) is 22.8 Å². The van der Waals surface area contributed by atoms with E-state index in [9.17, 15) is 13.2 Å². The average molecular weight is 235 g/mol. The Hall–Kier alpha value is -1.62. The number of H-pyrrole nitrogens is 1. The first-order valence-corrected chi connectivity index (χ1v) is 6.59. The summed E-state index contributed by atoms with van der Waals surface area (Å²) in [7, 11) is -3.10. The Morgan fingerprint density at radius 2 is 2.06 bits per heavy atom. The second kappa shape index (κ2) is 2.95. The molecule has 1 N–H and O–H groups in total. The van der Waals surface area contributed by atoms with Gasteiger partial charge >= 0.3 is 0 Å². The first-order valence-electron chi connectivity index (χ1n) is 4.94. The number of nitrogens with one attached hydrogen (secondary N) is 1. The second-order valence-electron chi connectivity index (χ2n) is 3.96. The van der Waals surface area contributed by atoms with Crippen molar-refractivity contribution in [2.45, 2.75) is 11.3 Å². The Morgan fingerprint density at radius 3 is 2.81 bits per heavy atom. The van der Waals surface area contributed by atoms with Gasteiger partial charge in [0.2, 0.25) is 0 Å². The van der Waals surface area contributed by atoms with Crippen LogP contribution in [-0.2, 0) is 16.3 Å². The minimum atomic E-state index is -3.10. The third-order valence-corrected chi connectivity index (χ3v) is 4.72. The summed E-state index contributed by atoms with van der Waals surface area (Å²) in [4.78, 5) is 14.0. The van der Waals surface area contributed by atoms with Gasteiger partial charge in [-0.25, -0.2) is 8.42 Å². The van der Waals surface area contributed by atoms with Crippen molar-refractivity contribution in [3.63, 3.8) is 0 Å². The predicted molar refractivity (Wildman–Crippen MR) is 59.4 cm³/mol. The van der Waals surface area contributed by atoms with Gasteiger partial charge in [0.1, 0.15) is 0 Å². The van der Waals surface area contributed by atoms with Crippen LogP contribution in [0.15, 0.2) is 23.1 Å². The van der Waals surface area contributed by atoms with Gasteiger partial charge in [-0.15, -0.1) is 0 Å². The van der Waals surface area contributed by atoms with Crippen LogP contribution < -0.4 is 0 Å². The zero-order valence-corrected chi connectivity index (χ0v) is 9.17. The molecule has 0 atom stereocenters. The highest BCUT2D eigenvalue weighted by Crippen LogP contribution is 2.30. The summed E-state index contributed by atoms with van der Waals surface area (Å²) >= 11 is 0. The van der Waals surface area contributed by atoms with Crippen LogP contribution >= 0.6 is 0 Å². The van der Waals surface area contributed by atoms with E-state index in [1.165, 1.54) is 0 Å². The van der Waals surface area contributed by atoms with Crippen molar-refractivity contribution in [3.8, 4) is 0 Å². The summed E-state index contributed by atoms with van der Waals surface area (Å²) in [5.74, 6) is 0.190. The van der Waals surface area contributed by atoms with Crippen LogP contribution in [0.25, 0.3) is 10.9 Å². The normalized spacial score (nSPS) is 17.5. The van der Waals surface area contributed by atoms with Crippen molar-refractivity contribution in [2.24, 2.45) is 0 Å². The number of benzene rings is 1. The van der Waals surface area contributed by atoms with E-state index in [1.54, 1.807) is 12.1 Å². The molecule has 16 heavy (non-hydrogen) atoms. The number of aromatic nitrogens is 1. The summed E-state index contributed by atoms with van der Waals surface area (Å²) in [6, 6.07) is 5.13. The zero-order chi connectivity index (χ0) is 11.3. The fraction of sp³-hybridized carbons (Fsp3) is 0.182. The van der Waals surface area contributed by atoms with E-state index < -0.39 is 9.84 Å². The molecule has 1 aliphatic rings. The molecule has 0 amide bonds. The molecule has 82 valence electrons. The topological polar surface area (TPSA) is 67.0 Å². The third kappa shape index (κ3) is 1.21. The highest BCUT2D eigenvalue weighted by atomic mass is 32.2. The Kier molecular flexibility index (Phi) is 1.77. The molecule has 0 aliphatic carbocycles. The van der Waals surface area contributed by atoms with Crippen LogP contribution in [0.1, 0.15) is 16.1 Å². The summed E-state index contributed by atoms with van der Waals surface area (Å²) in [6.45, 7) is 0. The molecule has 3 rings (SSSR count). The monoisotopic (exact) mass is 235 g/mol. The van der Waals surface area contributed by atoms with Crippen molar-refractivity contribution < 1.29 is 13.2 Å². The van der Waals surface area contributed by atoms with Gasteiger partial charge in [0.25, 0.3) is 0 Å². The molecule has 5 heteroatoms. The van der Waals surface area contributed by atoms with E-state index >= 15 is 0 Å². The number of aromatic amines is 1. The molecule has 2 aromatic rings. The molecule has 0 fully saturated rings. The van der Waals surface area contributed by atoms with Crippen molar-refractivity contribution in [1.29, 1.82) is 0 Å². The lowest BCUT2D eigenvalue weighted by Gasteiger charge is -1.98. The quantitative estimate of drug-likeness (QED) is 0.758. The van der Waals surface area contributed by atoms with E-state index in [-0.39, 0.29) is 5.75 Å². The number of aryl methyl sites for hydroxylation is 1. The lowest BCUT2D eigenvalue weighted by atomic mass is 10.1. The average Bonchev–Trinajstić information content (AvgIpc) is 2.77. The molecule has 0 bridgehead atoms. The van der Waals surface area contributed by atoms with Gasteiger partial charge in [0, 0.05) is 10.9 Å². The van der Waals surface area contributed by atoms with Gasteiger partial charge in [-0.2, -0.15) is 0 Å². The highest BCUT2D eigenvalue weighted by Gasteiger charge is 2.26. The Labute approximate surface area is 92.2 Å². The molecule has 0 spiro atoms. The molecular formula is C11H9NO3S. The Bertz CT molecular complexity index is 697. The third-order valence-electron chi connectivity index (χ3n) is 2.92. The number of hydrogen-bond acceptors (Lipinski definition) is 3. The van der Waals surface area contributed by atoms with Gasteiger partial charge in [-0.1, -0.05) is 0 Å². The standard InChI is InChI=1S/C11H9NO3S/c13-6-9-3-8-5-11-7(4-10(8)12-9)1-2-16(11,14)15/h3-6,12H,1-2H2. The van der Waals surface area contributed by atoms with E-state index in [0.29, 0.717) is 17.0 Å². The minimum Gasteiger partial charge on any atom is -0.352 e. The Morgan fingerprint density at radius 1 is 1.25 bits per heavy atom. The maximum atomic E-state index is 11.7. The number of rotatable bonds is 1. The van der Waals surface area contributed by atoms with Gasteiger partial charge < -0.3 is 4.98 Å². The zero-order valence-electron chi connectivity index (χ0n) is 8.36. The van der Waals surface area contributed by atoms with E-state index in [4.69, 9.17) is 0 Å². The SMILES string of the molecule is O=Cc1cc2cc3c(cc2[nH]1)CCS3(=O)=O. The minimum absolute atomic E-state index is 0.190. The summed E-state index contributed by atoms with van der Waals surface area (Å²) in [5, 5.41) is 0.770. The lowest BCUT2D eigenvalue weighted by molar-refractivity contribution is 0.112. The number of carbonyl (C=O) groups excluding carboxylic acids is 1. The number of aldehydes is 1. The second-order valence-corrected chi connectivity index (χ2v) is 6.04.